The molecule has 2 aromatic carbocycles. The van der Waals surface area contributed by atoms with Gasteiger partial charge in [-0.1, -0.05) is 61.2 Å². The second-order valence-corrected chi connectivity index (χ2v) is 17.7. The van der Waals surface area contributed by atoms with Gasteiger partial charge in [-0.05, 0) is 42.6 Å². The highest BCUT2D eigenvalue weighted by molar-refractivity contribution is 7.93. The van der Waals surface area contributed by atoms with Crippen molar-refractivity contribution in [1.82, 2.24) is 5.16 Å². The van der Waals surface area contributed by atoms with Gasteiger partial charge in [0, 0.05) is 25.8 Å². The summed E-state index contributed by atoms with van der Waals surface area (Å²) in [6, 6.07) is 12.7. The van der Waals surface area contributed by atoms with Crippen LogP contribution in [0.15, 0.2) is 51.9 Å². The molecule has 0 radical (unpaired) electrons. The van der Waals surface area contributed by atoms with Crippen LogP contribution in [-0.4, -0.2) is 53.4 Å². The SMILES string of the molecule is Cc1noc(N(COCC[Si](C)(C)C)S(=O)(=O)c2ccccc2-c2ccc(CO)cc2COCCF)c1C. The number of benzene rings is 2. The summed E-state index contributed by atoms with van der Waals surface area (Å²) >= 11 is 0. The molecule has 0 atom stereocenters. The number of anilines is 1. The van der Waals surface area contributed by atoms with E-state index in [0.717, 1.165) is 10.3 Å². The Kier molecular flexibility index (Phi) is 10.2. The highest BCUT2D eigenvalue weighted by Crippen LogP contribution is 2.35. The molecular formula is C27H37FN2O6SSi. The van der Waals surface area contributed by atoms with Gasteiger partial charge >= 0.3 is 0 Å². The Morgan fingerprint density at radius 1 is 1.05 bits per heavy atom. The second kappa shape index (κ2) is 13.0. The smallest absolute Gasteiger partial charge is 0.269 e. The van der Waals surface area contributed by atoms with Crippen LogP contribution in [0, 0.1) is 13.8 Å². The highest BCUT2D eigenvalue weighted by Gasteiger charge is 2.33. The molecule has 0 aliphatic rings. The molecule has 208 valence electrons. The van der Waals surface area contributed by atoms with Gasteiger partial charge in [0.25, 0.3) is 10.0 Å². The summed E-state index contributed by atoms with van der Waals surface area (Å²) in [6.45, 7) is 9.52. The number of aliphatic hydroxyl groups excluding tert-OH is 1. The van der Waals surface area contributed by atoms with Crippen LogP contribution in [0.2, 0.25) is 25.7 Å². The normalized spacial score (nSPS) is 12.2. The van der Waals surface area contributed by atoms with E-state index in [1.807, 2.05) is 0 Å². The lowest BCUT2D eigenvalue weighted by Gasteiger charge is -2.24. The van der Waals surface area contributed by atoms with E-state index < -0.39 is 24.8 Å². The summed E-state index contributed by atoms with van der Waals surface area (Å²) in [5, 5.41) is 13.6. The van der Waals surface area contributed by atoms with E-state index in [4.69, 9.17) is 14.0 Å². The molecule has 3 aromatic rings. The Labute approximate surface area is 225 Å². The maximum atomic E-state index is 14.2. The van der Waals surface area contributed by atoms with Gasteiger partial charge in [0.15, 0.2) is 0 Å². The third-order valence-corrected chi connectivity index (χ3v) is 9.61. The summed E-state index contributed by atoms with van der Waals surface area (Å²) in [7, 11) is -5.57. The first kappa shape index (κ1) is 30.0. The summed E-state index contributed by atoms with van der Waals surface area (Å²) < 4.78 is 59.0. The average Bonchev–Trinajstić information content (AvgIpc) is 3.20. The third kappa shape index (κ3) is 7.29. The lowest BCUT2D eigenvalue weighted by Crippen LogP contribution is -2.34. The van der Waals surface area contributed by atoms with E-state index in [1.54, 1.807) is 50.2 Å². The van der Waals surface area contributed by atoms with Crippen molar-refractivity contribution in [3.63, 3.8) is 0 Å². The predicted octanol–water partition coefficient (Wildman–Crippen LogP) is 5.44. The van der Waals surface area contributed by atoms with Crippen molar-refractivity contribution >= 4 is 24.0 Å². The van der Waals surface area contributed by atoms with Crippen molar-refractivity contribution in [2.75, 3.05) is 30.9 Å². The van der Waals surface area contributed by atoms with Gasteiger partial charge in [0.2, 0.25) is 5.88 Å². The van der Waals surface area contributed by atoms with Gasteiger partial charge in [0.1, 0.15) is 13.4 Å². The van der Waals surface area contributed by atoms with E-state index >= 15 is 0 Å². The number of aliphatic hydroxyl groups is 1. The molecule has 0 aliphatic heterocycles. The number of nitrogens with zero attached hydrogens (tertiary/aromatic N) is 2. The van der Waals surface area contributed by atoms with Gasteiger partial charge in [-0.3, -0.25) is 0 Å². The Morgan fingerprint density at radius 3 is 2.42 bits per heavy atom. The quantitative estimate of drug-likeness (QED) is 0.158. The van der Waals surface area contributed by atoms with Crippen LogP contribution in [0.4, 0.5) is 10.3 Å². The van der Waals surface area contributed by atoms with Crippen molar-refractivity contribution in [2.45, 2.75) is 57.6 Å². The van der Waals surface area contributed by atoms with E-state index in [1.165, 1.54) is 6.07 Å². The maximum Gasteiger partial charge on any atom is 0.269 e. The van der Waals surface area contributed by atoms with E-state index in [0.29, 0.717) is 40.1 Å². The fourth-order valence-corrected chi connectivity index (χ4v) is 6.10. The minimum Gasteiger partial charge on any atom is -0.392 e. The number of sulfonamides is 1. The van der Waals surface area contributed by atoms with Gasteiger partial charge in [-0.25, -0.2) is 17.1 Å². The van der Waals surface area contributed by atoms with E-state index in [2.05, 4.69) is 24.8 Å². The Hall–Kier alpha value is -2.57. The minimum atomic E-state index is -4.18. The molecule has 0 saturated carbocycles. The van der Waals surface area contributed by atoms with Crippen LogP contribution in [0.25, 0.3) is 11.1 Å². The zero-order valence-corrected chi connectivity index (χ0v) is 24.5. The molecule has 0 amide bonds. The number of ether oxygens (including phenoxy) is 2. The number of aromatic nitrogens is 1. The molecular weight excluding hydrogens is 527 g/mol. The molecule has 0 fully saturated rings. The van der Waals surface area contributed by atoms with Crippen LogP contribution in [0.3, 0.4) is 0 Å². The Balaban J connectivity index is 2.08. The number of hydrogen-bond acceptors (Lipinski definition) is 7. The molecule has 0 saturated heterocycles. The van der Waals surface area contributed by atoms with Gasteiger partial charge in [-0.2, -0.15) is 0 Å². The third-order valence-electron chi connectivity index (χ3n) is 6.14. The molecule has 0 unspecified atom stereocenters. The van der Waals surface area contributed by atoms with Gasteiger partial charge < -0.3 is 19.1 Å². The largest absolute Gasteiger partial charge is 0.392 e. The van der Waals surface area contributed by atoms with Crippen LogP contribution >= 0.6 is 0 Å². The lowest BCUT2D eigenvalue weighted by atomic mass is 9.98. The number of hydrogen-bond donors (Lipinski definition) is 1. The van der Waals surface area contributed by atoms with Gasteiger partial charge in [0.05, 0.1) is 30.4 Å². The summed E-state index contributed by atoms with van der Waals surface area (Å²) in [4.78, 5) is 0.0470. The predicted molar refractivity (Wildman–Crippen MR) is 148 cm³/mol. The first-order valence-electron chi connectivity index (χ1n) is 12.5. The molecule has 1 heterocycles. The summed E-state index contributed by atoms with van der Waals surface area (Å²) in [5.41, 5.74) is 3.51. The van der Waals surface area contributed by atoms with Crippen molar-refractivity contribution in [3.8, 4) is 11.1 Å². The zero-order chi connectivity index (χ0) is 27.9. The molecule has 3 rings (SSSR count). The fraction of sp³-hybridized carbons (Fsp3) is 0.444. The second-order valence-electron chi connectivity index (χ2n) is 10.3. The summed E-state index contributed by atoms with van der Waals surface area (Å²) in [5.74, 6) is 0.104. The highest BCUT2D eigenvalue weighted by atomic mass is 32.2. The maximum absolute atomic E-state index is 14.2. The molecule has 1 aromatic heterocycles. The Bertz CT molecular complexity index is 1320. The molecule has 0 spiro atoms. The first-order valence-corrected chi connectivity index (χ1v) is 17.6. The molecule has 8 nitrogen and oxygen atoms in total. The minimum absolute atomic E-state index is 0.0470. The number of halogens is 1. The average molecular weight is 565 g/mol. The molecule has 0 aliphatic carbocycles. The van der Waals surface area contributed by atoms with Crippen LogP contribution < -0.4 is 4.31 Å². The van der Waals surface area contributed by atoms with Crippen LogP contribution in [0.5, 0.6) is 0 Å². The lowest BCUT2D eigenvalue weighted by molar-refractivity contribution is 0.107. The van der Waals surface area contributed by atoms with E-state index in [9.17, 15) is 17.9 Å². The van der Waals surface area contributed by atoms with Crippen LogP contribution in [-0.2, 0) is 32.7 Å². The van der Waals surface area contributed by atoms with Crippen molar-refractivity contribution in [3.05, 3.63) is 64.8 Å². The topological polar surface area (TPSA) is 102 Å². The monoisotopic (exact) mass is 564 g/mol. The van der Waals surface area contributed by atoms with Crippen molar-refractivity contribution < 1.29 is 31.9 Å². The van der Waals surface area contributed by atoms with E-state index in [-0.39, 0.29) is 37.3 Å². The molecule has 0 bridgehead atoms. The fourth-order valence-electron chi connectivity index (χ4n) is 3.80. The zero-order valence-electron chi connectivity index (χ0n) is 22.7. The Morgan fingerprint density at radius 2 is 1.79 bits per heavy atom. The van der Waals surface area contributed by atoms with Crippen molar-refractivity contribution in [2.24, 2.45) is 0 Å². The summed E-state index contributed by atoms with van der Waals surface area (Å²) in [6.07, 6.45) is 0. The van der Waals surface area contributed by atoms with Crippen molar-refractivity contribution in [1.29, 1.82) is 0 Å². The first-order chi connectivity index (χ1) is 18.0. The van der Waals surface area contributed by atoms with Crippen LogP contribution in [0.1, 0.15) is 22.4 Å². The standard InChI is InChI=1S/C27H37FN2O6SSi/c1-20-21(2)29-36-27(20)30(19-35-14-15-38(3,4)5)37(32,33)26-9-7-6-8-25(26)24-11-10-22(17-31)16-23(24)18-34-13-12-28/h6-11,16,31H,12-15,17-19H2,1-5H3. The number of rotatable bonds is 14. The number of alkyl halides is 1. The molecule has 38 heavy (non-hydrogen) atoms. The molecule has 11 heteroatoms. The molecule has 1 N–H and O–H groups in total. The van der Waals surface area contributed by atoms with Gasteiger partial charge in [-0.15, -0.1) is 0 Å². The number of aryl methyl sites for hydroxylation is 1.